The monoisotopic (exact) mass is 211 g/mol. The molecule has 66 valence electrons. The second kappa shape index (κ2) is 3.36. The Bertz CT molecular complexity index is 414. The highest BCUT2D eigenvalue weighted by Gasteiger charge is 2.02. The molecule has 4 heteroatoms. The van der Waals surface area contributed by atoms with E-state index in [9.17, 15) is 5.11 Å². The molecule has 1 N–H and O–H groups in total. The normalized spacial score (nSPS) is 10.2. The summed E-state index contributed by atoms with van der Waals surface area (Å²) >= 11 is 7.30. The van der Waals surface area contributed by atoms with Crippen molar-refractivity contribution >= 4 is 22.9 Å². The molecule has 2 rings (SSSR count). The molecule has 2 aromatic rings. The van der Waals surface area contributed by atoms with Crippen molar-refractivity contribution in [2.75, 3.05) is 0 Å². The Labute approximate surface area is 84.4 Å². The molecule has 1 heterocycles. The van der Waals surface area contributed by atoms with Crippen molar-refractivity contribution in [2.24, 2.45) is 0 Å². The fourth-order valence-electron chi connectivity index (χ4n) is 1.02. The van der Waals surface area contributed by atoms with E-state index in [-0.39, 0.29) is 5.75 Å². The van der Waals surface area contributed by atoms with Crippen LogP contribution in [0.15, 0.2) is 29.9 Å². The number of phenols is 1. The number of thiazole rings is 1. The highest BCUT2D eigenvalue weighted by Crippen LogP contribution is 2.30. The van der Waals surface area contributed by atoms with Crippen LogP contribution in [0.1, 0.15) is 0 Å². The van der Waals surface area contributed by atoms with E-state index < -0.39 is 0 Å². The van der Waals surface area contributed by atoms with E-state index in [1.165, 1.54) is 11.3 Å². The third-order valence-electron chi connectivity index (χ3n) is 1.66. The topological polar surface area (TPSA) is 33.1 Å². The summed E-state index contributed by atoms with van der Waals surface area (Å²) in [6.07, 6.45) is 1.77. The van der Waals surface area contributed by atoms with Crippen molar-refractivity contribution in [3.05, 3.63) is 34.9 Å². The highest BCUT2D eigenvalue weighted by molar-refractivity contribution is 7.13. The first kappa shape index (κ1) is 8.53. The Kier molecular flexibility index (Phi) is 2.20. The van der Waals surface area contributed by atoms with Gasteiger partial charge in [-0.1, -0.05) is 11.6 Å². The molecule has 0 saturated carbocycles. The average molecular weight is 212 g/mol. The molecular weight excluding hydrogens is 206 g/mol. The average Bonchev–Trinajstić information content (AvgIpc) is 2.62. The molecular formula is C9H6ClNOS. The van der Waals surface area contributed by atoms with Gasteiger partial charge in [-0.05, 0) is 23.8 Å². The molecule has 0 amide bonds. The summed E-state index contributed by atoms with van der Waals surface area (Å²) in [7, 11) is 0. The Balaban J connectivity index is 2.49. The largest absolute Gasteiger partial charge is 0.506 e. The van der Waals surface area contributed by atoms with Crippen LogP contribution in [-0.4, -0.2) is 10.1 Å². The number of hydrogen-bond acceptors (Lipinski definition) is 3. The van der Waals surface area contributed by atoms with Gasteiger partial charge in [0.15, 0.2) is 0 Å². The van der Waals surface area contributed by atoms with Gasteiger partial charge in [-0.3, -0.25) is 4.98 Å². The Morgan fingerprint density at radius 2 is 2.23 bits per heavy atom. The van der Waals surface area contributed by atoms with Gasteiger partial charge in [0, 0.05) is 6.20 Å². The number of hydrogen-bond donors (Lipinski definition) is 1. The first-order chi connectivity index (χ1) is 6.27. The summed E-state index contributed by atoms with van der Waals surface area (Å²) in [5, 5.41) is 9.56. The molecule has 0 atom stereocenters. The first-order valence-electron chi connectivity index (χ1n) is 3.65. The molecule has 1 aromatic heterocycles. The SMILES string of the molecule is Oc1ccc(-c2cncs2)cc1Cl. The second-order valence-electron chi connectivity index (χ2n) is 2.53. The lowest BCUT2D eigenvalue weighted by Gasteiger charge is -1.99. The standard InChI is InChI=1S/C9H6ClNOS/c10-7-3-6(1-2-8(7)12)9-4-11-5-13-9/h1-5,12H. The molecule has 0 aliphatic rings. The van der Waals surface area contributed by atoms with Crippen LogP contribution in [0.25, 0.3) is 10.4 Å². The van der Waals surface area contributed by atoms with Crippen LogP contribution in [-0.2, 0) is 0 Å². The summed E-state index contributed by atoms with van der Waals surface area (Å²) in [6, 6.07) is 5.12. The molecule has 13 heavy (non-hydrogen) atoms. The molecule has 0 saturated heterocycles. The number of rotatable bonds is 1. The van der Waals surface area contributed by atoms with Gasteiger partial charge in [-0.25, -0.2) is 0 Å². The smallest absolute Gasteiger partial charge is 0.134 e. The maximum absolute atomic E-state index is 9.20. The number of aromatic nitrogens is 1. The van der Waals surface area contributed by atoms with E-state index in [0.717, 1.165) is 10.4 Å². The van der Waals surface area contributed by atoms with Gasteiger partial charge in [0.05, 0.1) is 15.4 Å². The number of halogens is 1. The number of aromatic hydroxyl groups is 1. The maximum Gasteiger partial charge on any atom is 0.134 e. The van der Waals surface area contributed by atoms with Crippen molar-refractivity contribution in [3.8, 4) is 16.2 Å². The van der Waals surface area contributed by atoms with Crippen molar-refractivity contribution in [2.45, 2.75) is 0 Å². The van der Waals surface area contributed by atoms with E-state index in [1.54, 1.807) is 23.8 Å². The van der Waals surface area contributed by atoms with Gasteiger partial charge < -0.3 is 5.11 Å². The highest BCUT2D eigenvalue weighted by atomic mass is 35.5. The van der Waals surface area contributed by atoms with Gasteiger partial charge in [0.2, 0.25) is 0 Å². The Hall–Kier alpha value is -1.06. The minimum Gasteiger partial charge on any atom is -0.506 e. The number of nitrogens with zero attached hydrogens (tertiary/aromatic N) is 1. The van der Waals surface area contributed by atoms with Crippen molar-refractivity contribution in [1.29, 1.82) is 0 Å². The fraction of sp³-hybridized carbons (Fsp3) is 0. The minimum atomic E-state index is 0.106. The molecule has 0 spiro atoms. The van der Waals surface area contributed by atoms with Crippen molar-refractivity contribution in [3.63, 3.8) is 0 Å². The third kappa shape index (κ3) is 1.66. The minimum absolute atomic E-state index is 0.106. The molecule has 2 nitrogen and oxygen atoms in total. The van der Waals surface area contributed by atoms with Crippen molar-refractivity contribution < 1.29 is 5.11 Å². The van der Waals surface area contributed by atoms with Gasteiger partial charge >= 0.3 is 0 Å². The summed E-state index contributed by atoms with van der Waals surface area (Å²) in [4.78, 5) is 5.01. The van der Waals surface area contributed by atoms with E-state index in [0.29, 0.717) is 5.02 Å². The third-order valence-corrected chi connectivity index (χ3v) is 2.79. The van der Waals surface area contributed by atoms with Gasteiger partial charge in [-0.2, -0.15) is 0 Å². The number of phenolic OH excluding ortho intramolecular Hbond substituents is 1. The second-order valence-corrected chi connectivity index (χ2v) is 3.83. The maximum atomic E-state index is 9.20. The lowest BCUT2D eigenvalue weighted by molar-refractivity contribution is 0.475. The molecule has 0 aliphatic heterocycles. The van der Waals surface area contributed by atoms with Gasteiger partial charge in [-0.15, -0.1) is 11.3 Å². The lowest BCUT2D eigenvalue weighted by atomic mass is 10.2. The van der Waals surface area contributed by atoms with Crippen LogP contribution in [0.3, 0.4) is 0 Å². The summed E-state index contributed by atoms with van der Waals surface area (Å²) < 4.78 is 0. The Morgan fingerprint density at radius 3 is 2.85 bits per heavy atom. The van der Waals surface area contributed by atoms with Crippen LogP contribution in [0.4, 0.5) is 0 Å². The predicted molar refractivity (Wildman–Crippen MR) is 54.2 cm³/mol. The van der Waals surface area contributed by atoms with Gasteiger partial charge in [0.25, 0.3) is 0 Å². The molecule has 0 bridgehead atoms. The molecule has 0 radical (unpaired) electrons. The van der Waals surface area contributed by atoms with Crippen LogP contribution in [0.5, 0.6) is 5.75 Å². The van der Waals surface area contributed by atoms with Crippen molar-refractivity contribution in [1.82, 2.24) is 4.98 Å². The zero-order valence-corrected chi connectivity index (χ0v) is 8.14. The summed E-state index contributed by atoms with van der Waals surface area (Å²) in [5.41, 5.74) is 2.74. The van der Waals surface area contributed by atoms with Gasteiger partial charge in [0.1, 0.15) is 5.75 Å². The van der Waals surface area contributed by atoms with Crippen LogP contribution in [0, 0.1) is 0 Å². The molecule has 0 aliphatic carbocycles. The summed E-state index contributed by atoms with van der Waals surface area (Å²) in [5.74, 6) is 0.106. The Morgan fingerprint density at radius 1 is 1.38 bits per heavy atom. The van der Waals surface area contributed by atoms with E-state index >= 15 is 0 Å². The van der Waals surface area contributed by atoms with E-state index in [1.807, 2.05) is 6.07 Å². The fourth-order valence-corrected chi connectivity index (χ4v) is 1.82. The zero-order valence-electron chi connectivity index (χ0n) is 6.57. The quantitative estimate of drug-likeness (QED) is 0.786. The van der Waals surface area contributed by atoms with E-state index in [4.69, 9.17) is 11.6 Å². The van der Waals surface area contributed by atoms with Crippen LogP contribution in [0.2, 0.25) is 5.02 Å². The van der Waals surface area contributed by atoms with Crippen LogP contribution >= 0.6 is 22.9 Å². The molecule has 1 aromatic carbocycles. The number of benzene rings is 1. The summed E-state index contributed by atoms with van der Waals surface area (Å²) in [6.45, 7) is 0. The molecule has 0 fully saturated rings. The first-order valence-corrected chi connectivity index (χ1v) is 4.90. The predicted octanol–water partition coefficient (Wildman–Crippen LogP) is 3.17. The molecule has 0 unspecified atom stereocenters. The lowest BCUT2D eigenvalue weighted by Crippen LogP contribution is -1.73. The van der Waals surface area contributed by atoms with E-state index in [2.05, 4.69) is 4.98 Å². The van der Waals surface area contributed by atoms with Crippen LogP contribution < -0.4 is 0 Å². The zero-order chi connectivity index (χ0) is 9.26.